The summed E-state index contributed by atoms with van der Waals surface area (Å²) in [5, 5.41) is 0. The zero-order valence-corrected chi connectivity index (χ0v) is 12.1. The number of nitrogens with zero attached hydrogens (tertiary/aromatic N) is 6. The standard InChI is InChI=1S/C14H13N7O2/c22-13(11-6-15-2-3-17-11)20-4-1-9(7-20)21-12-10(19-14(21)23)5-16-8-18-12/h2-3,5-6,8-9H,1,4,7H2,(H,19,23). The summed E-state index contributed by atoms with van der Waals surface area (Å²) in [5.74, 6) is -0.178. The summed E-state index contributed by atoms with van der Waals surface area (Å²) in [6.07, 6.45) is 8.11. The van der Waals surface area contributed by atoms with Gasteiger partial charge in [-0.25, -0.2) is 19.7 Å². The van der Waals surface area contributed by atoms with Crippen LogP contribution < -0.4 is 5.69 Å². The molecule has 0 spiro atoms. The summed E-state index contributed by atoms with van der Waals surface area (Å²) in [6, 6.07) is -0.119. The Morgan fingerprint density at radius 3 is 2.96 bits per heavy atom. The van der Waals surface area contributed by atoms with Crippen LogP contribution in [0.4, 0.5) is 0 Å². The van der Waals surface area contributed by atoms with Gasteiger partial charge in [0.15, 0.2) is 5.65 Å². The number of likely N-dealkylation sites (tertiary alicyclic amines) is 1. The number of aromatic amines is 1. The van der Waals surface area contributed by atoms with Gasteiger partial charge in [-0.3, -0.25) is 14.3 Å². The monoisotopic (exact) mass is 311 g/mol. The van der Waals surface area contributed by atoms with Crippen LogP contribution in [0.5, 0.6) is 0 Å². The summed E-state index contributed by atoms with van der Waals surface area (Å²) < 4.78 is 1.60. The molecule has 1 aliphatic rings. The number of carbonyl (C=O) groups is 1. The van der Waals surface area contributed by atoms with Crippen LogP contribution in [0.3, 0.4) is 0 Å². The third kappa shape index (κ3) is 2.26. The zero-order chi connectivity index (χ0) is 15.8. The second kappa shape index (κ2) is 5.27. The molecule has 1 N–H and O–H groups in total. The largest absolute Gasteiger partial charge is 0.335 e. The van der Waals surface area contributed by atoms with Crippen molar-refractivity contribution in [3.8, 4) is 0 Å². The molecule has 23 heavy (non-hydrogen) atoms. The average molecular weight is 311 g/mol. The van der Waals surface area contributed by atoms with Gasteiger partial charge in [-0.1, -0.05) is 0 Å². The molecule has 1 unspecified atom stereocenters. The Bertz CT molecular complexity index is 918. The highest BCUT2D eigenvalue weighted by Gasteiger charge is 2.30. The van der Waals surface area contributed by atoms with E-state index in [1.54, 1.807) is 15.7 Å². The second-order valence-corrected chi connectivity index (χ2v) is 5.34. The lowest BCUT2D eigenvalue weighted by atomic mass is 10.2. The van der Waals surface area contributed by atoms with Gasteiger partial charge in [-0.2, -0.15) is 0 Å². The lowest BCUT2D eigenvalue weighted by Crippen LogP contribution is -2.31. The fourth-order valence-corrected chi connectivity index (χ4v) is 2.92. The molecule has 0 saturated carbocycles. The molecule has 1 atom stereocenters. The lowest BCUT2D eigenvalue weighted by Gasteiger charge is -2.16. The Balaban J connectivity index is 1.62. The first-order chi connectivity index (χ1) is 11.2. The van der Waals surface area contributed by atoms with E-state index in [1.165, 1.54) is 24.9 Å². The molecule has 3 aromatic heterocycles. The topological polar surface area (TPSA) is 110 Å². The summed E-state index contributed by atoms with van der Waals surface area (Å²) in [6.45, 7) is 0.997. The van der Waals surface area contributed by atoms with E-state index in [1.807, 2.05) is 0 Å². The number of H-pyrrole nitrogens is 1. The number of carbonyl (C=O) groups excluding carboxylic acids is 1. The quantitative estimate of drug-likeness (QED) is 0.713. The minimum Gasteiger partial charge on any atom is -0.335 e. The molecule has 1 aliphatic heterocycles. The molecule has 0 radical (unpaired) electrons. The maximum atomic E-state index is 12.4. The van der Waals surface area contributed by atoms with Gasteiger partial charge >= 0.3 is 5.69 Å². The van der Waals surface area contributed by atoms with Crippen molar-refractivity contribution in [3.05, 3.63) is 47.3 Å². The summed E-state index contributed by atoms with van der Waals surface area (Å²) >= 11 is 0. The molecular formula is C14H13N7O2. The van der Waals surface area contributed by atoms with Crippen LogP contribution in [-0.4, -0.2) is 53.4 Å². The molecule has 4 rings (SSSR count). The van der Waals surface area contributed by atoms with E-state index in [4.69, 9.17) is 0 Å². The van der Waals surface area contributed by atoms with E-state index >= 15 is 0 Å². The van der Waals surface area contributed by atoms with Gasteiger partial charge in [-0.15, -0.1) is 0 Å². The Labute approximate surface area is 130 Å². The maximum absolute atomic E-state index is 12.4. The molecule has 9 heteroatoms. The first-order valence-corrected chi connectivity index (χ1v) is 7.19. The van der Waals surface area contributed by atoms with E-state index in [0.717, 1.165) is 0 Å². The SMILES string of the molecule is O=C(c1cnccn1)N1CCC(n2c(=O)[nH]c3cncnc32)C1. The van der Waals surface area contributed by atoms with Crippen molar-refractivity contribution in [1.82, 2.24) is 34.4 Å². The predicted molar refractivity (Wildman–Crippen MR) is 79.7 cm³/mol. The molecule has 1 fully saturated rings. The molecule has 3 aromatic rings. The van der Waals surface area contributed by atoms with Crippen LogP contribution in [0.1, 0.15) is 23.0 Å². The minimum atomic E-state index is -0.237. The zero-order valence-electron chi connectivity index (χ0n) is 12.1. The van der Waals surface area contributed by atoms with Gasteiger partial charge < -0.3 is 9.88 Å². The lowest BCUT2D eigenvalue weighted by molar-refractivity contribution is 0.0781. The number of nitrogens with one attached hydrogen (secondary N) is 1. The minimum absolute atomic E-state index is 0.119. The van der Waals surface area contributed by atoms with Gasteiger partial charge in [0.1, 0.15) is 17.5 Å². The van der Waals surface area contributed by atoms with Gasteiger partial charge in [0.2, 0.25) is 0 Å². The second-order valence-electron chi connectivity index (χ2n) is 5.34. The summed E-state index contributed by atoms with van der Waals surface area (Å²) in [7, 11) is 0. The maximum Gasteiger partial charge on any atom is 0.328 e. The molecule has 1 amide bonds. The van der Waals surface area contributed by atoms with Crippen LogP contribution in [0.15, 0.2) is 35.9 Å². The smallest absolute Gasteiger partial charge is 0.328 e. The molecule has 4 heterocycles. The highest BCUT2D eigenvalue weighted by Crippen LogP contribution is 2.23. The number of aromatic nitrogens is 6. The Hall–Kier alpha value is -3.10. The van der Waals surface area contributed by atoms with E-state index in [-0.39, 0.29) is 17.6 Å². The van der Waals surface area contributed by atoms with Crippen molar-refractivity contribution in [2.45, 2.75) is 12.5 Å². The van der Waals surface area contributed by atoms with Gasteiger partial charge in [0.25, 0.3) is 5.91 Å². The Morgan fingerprint density at radius 1 is 1.22 bits per heavy atom. The van der Waals surface area contributed by atoms with Gasteiger partial charge in [-0.05, 0) is 6.42 Å². The van der Waals surface area contributed by atoms with Crippen molar-refractivity contribution in [2.24, 2.45) is 0 Å². The normalized spacial score (nSPS) is 17.7. The first kappa shape index (κ1) is 13.6. The van der Waals surface area contributed by atoms with E-state index in [2.05, 4.69) is 24.9 Å². The van der Waals surface area contributed by atoms with Crippen molar-refractivity contribution < 1.29 is 4.79 Å². The molecule has 1 saturated heterocycles. The van der Waals surface area contributed by atoms with Crippen LogP contribution in [0, 0.1) is 0 Å². The number of amides is 1. The highest BCUT2D eigenvalue weighted by molar-refractivity contribution is 5.92. The number of hydrogen-bond donors (Lipinski definition) is 1. The molecular weight excluding hydrogens is 298 g/mol. The Morgan fingerprint density at radius 2 is 2.13 bits per heavy atom. The van der Waals surface area contributed by atoms with Crippen LogP contribution in [0.25, 0.3) is 11.2 Å². The molecule has 0 aromatic carbocycles. The van der Waals surface area contributed by atoms with Crippen LogP contribution in [-0.2, 0) is 0 Å². The van der Waals surface area contributed by atoms with E-state index in [9.17, 15) is 9.59 Å². The molecule has 9 nitrogen and oxygen atoms in total. The van der Waals surface area contributed by atoms with Crippen LogP contribution in [0.2, 0.25) is 0 Å². The molecule has 0 bridgehead atoms. The summed E-state index contributed by atoms with van der Waals surface area (Å²) in [4.78, 5) is 45.0. The van der Waals surface area contributed by atoms with Crippen LogP contribution >= 0.6 is 0 Å². The number of hydrogen-bond acceptors (Lipinski definition) is 6. The highest BCUT2D eigenvalue weighted by atomic mass is 16.2. The Kier molecular flexibility index (Phi) is 3.11. The van der Waals surface area contributed by atoms with Gasteiger partial charge in [0.05, 0.1) is 18.4 Å². The average Bonchev–Trinajstić information content (AvgIpc) is 3.18. The van der Waals surface area contributed by atoms with Crippen molar-refractivity contribution in [2.75, 3.05) is 13.1 Å². The third-order valence-corrected chi connectivity index (χ3v) is 3.98. The third-order valence-electron chi connectivity index (χ3n) is 3.98. The van der Waals surface area contributed by atoms with Gasteiger partial charge in [0, 0.05) is 25.5 Å². The number of fused-ring (bicyclic) bond motifs is 1. The van der Waals surface area contributed by atoms with E-state index < -0.39 is 0 Å². The first-order valence-electron chi connectivity index (χ1n) is 7.19. The van der Waals surface area contributed by atoms with E-state index in [0.29, 0.717) is 36.4 Å². The van der Waals surface area contributed by atoms with Crippen molar-refractivity contribution >= 4 is 17.1 Å². The van der Waals surface area contributed by atoms with Crippen molar-refractivity contribution in [1.29, 1.82) is 0 Å². The number of rotatable bonds is 2. The molecule has 116 valence electrons. The fourth-order valence-electron chi connectivity index (χ4n) is 2.92. The number of imidazole rings is 1. The van der Waals surface area contributed by atoms with Crippen molar-refractivity contribution in [3.63, 3.8) is 0 Å². The predicted octanol–water partition coefficient (Wildman–Crippen LogP) is -0.00320. The molecule has 0 aliphatic carbocycles. The summed E-state index contributed by atoms with van der Waals surface area (Å²) in [5.41, 5.74) is 1.22. The fraction of sp³-hybridized carbons (Fsp3) is 0.286.